The van der Waals surface area contributed by atoms with E-state index in [1.807, 2.05) is 0 Å². The van der Waals surface area contributed by atoms with Crippen LogP contribution in [0.2, 0.25) is 0 Å². The predicted molar refractivity (Wildman–Crippen MR) is 67.9 cm³/mol. The first-order chi connectivity index (χ1) is 7.49. The zero-order valence-electron chi connectivity index (χ0n) is 11.3. The highest BCUT2D eigenvalue weighted by Gasteiger charge is 2.24. The van der Waals surface area contributed by atoms with E-state index in [9.17, 15) is 0 Å². The van der Waals surface area contributed by atoms with Crippen LogP contribution in [0.1, 0.15) is 13.8 Å². The highest BCUT2D eigenvalue weighted by molar-refractivity contribution is 4.86. The summed E-state index contributed by atoms with van der Waals surface area (Å²) in [6, 6.07) is 0. The Morgan fingerprint density at radius 1 is 1.31 bits per heavy atom. The number of ether oxygens (including phenoxy) is 1. The minimum absolute atomic E-state index is 0.252. The van der Waals surface area contributed by atoms with Crippen molar-refractivity contribution in [2.75, 3.05) is 60.0 Å². The van der Waals surface area contributed by atoms with E-state index in [-0.39, 0.29) is 5.54 Å². The van der Waals surface area contributed by atoms with Crippen LogP contribution in [0.15, 0.2) is 0 Å². The molecule has 0 aliphatic carbocycles. The Bertz CT molecular complexity index is 195. The molecule has 0 saturated carbocycles. The van der Waals surface area contributed by atoms with E-state index in [0.717, 1.165) is 45.9 Å². The van der Waals surface area contributed by atoms with E-state index < -0.39 is 0 Å². The first-order valence-electron chi connectivity index (χ1n) is 6.19. The van der Waals surface area contributed by atoms with Crippen LogP contribution in [0.25, 0.3) is 0 Å². The van der Waals surface area contributed by atoms with Gasteiger partial charge in [0.2, 0.25) is 0 Å². The van der Waals surface area contributed by atoms with E-state index in [1.54, 1.807) is 0 Å². The molecule has 1 heterocycles. The zero-order chi connectivity index (χ0) is 12.0. The van der Waals surface area contributed by atoms with Crippen molar-refractivity contribution in [2.24, 2.45) is 0 Å². The van der Waals surface area contributed by atoms with Crippen LogP contribution in [0, 0.1) is 0 Å². The van der Waals surface area contributed by atoms with Gasteiger partial charge in [-0.25, -0.2) is 0 Å². The Labute approximate surface area is 99.9 Å². The summed E-state index contributed by atoms with van der Waals surface area (Å²) in [5.74, 6) is 0. The van der Waals surface area contributed by atoms with E-state index in [2.05, 4.69) is 43.1 Å². The quantitative estimate of drug-likeness (QED) is 0.661. The van der Waals surface area contributed by atoms with Gasteiger partial charge in [-0.3, -0.25) is 4.90 Å². The minimum atomic E-state index is 0.252. The molecule has 1 fully saturated rings. The number of nitrogens with one attached hydrogen (secondary N) is 1. The third-order valence-electron chi connectivity index (χ3n) is 2.89. The summed E-state index contributed by atoms with van der Waals surface area (Å²) in [6.07, 6.45) is 0. The van der Waals surface area contributed by atoms with Crippen LogP contribution >= 0.6 is 0 Å². The van der Waals surface area contributed by atoms with E-state index in [0.29, 0.717) is 0 Å². The molecular weight excluding hydrogens is 202 g/mol. The molecule has 4 nitrogen and oxygen atoms in total. The highest BCUT2D eigenvalue weighted by Crippen LogP contribution is 2.09. The van der Waals surface area contributed by atoms with Crippen molar-refractivity contribution in [3.8, 4) is 0 Å². The molecule has 0 bridgehead atoms. The van der Waals surface area contributed by atoms with Gasteiger partial charge in [0.1, 0.15) is 0 Å². The summed E-state index contributed by atoms with van der Waals surface area (Å²) in [5.41, 5.74) is 0.252. The fourth-order valence-electron chi connectivity index (χ4n) is 1.98. The van der Waals surface area contributed by atoms with Crippen LogP contribution in [0.5, 0.6) is 0 Å². The SMILES string of the molecule is CN(C)CCOCCN1CCNC(C)(C)C1. The van der Waals surface area contributed by atoms with Gasteiger partial charge in [-0.2, -0.15) is 0 Å². The van der Waals surface area contributed by atoms with E-state index in [1.165, 1.54) is 0 Å². The van der Waals surface area contributed by atoms with Crippen LogP contribution in [-0.2, 0) is 4.74 Å². The van der Waals surface area contributed by atoms with Gasteiger partial charge < -0.3 is 15.0 Å². The monoisotopic (exact) mass is 229 g/mol. The largest absolute Gasteiger partial charge is 0.379 e. The average molecular weight is 229 g/mol. The maximum absolute atomic E-state index is 5.61. The van der Waals surface area contributed by atoms with Crippen molar-refractivity contribution in [2.45, 2.75) is 19.4 Å². The van der Waals surface area contributed by atoms with E-state index >= 15 is 0 Å². The maximum Gasteiger partial charge on any atom is 0.0594 e. The standard InChI is InChI=1S/C12H27N3O/c1-12(2)11-15(6-5-13-12)8-10-16-9-7-14(3)4/h13H,5-11H2,1-4H3. The Morgan fingerprint density at radius 3 is 2.69 bits per heavy atom. The normalized spacial score (nSPS) is 21.6. The smallest absolute Gasteiger partial charge is 0.0594 e. The fraction of sp³-hybridized carbons (Fsp3) is 1.00. The van der Waals surface area contributed by atoms with Crippen LogP contribution in [-0.4, -0.2) is 75.4 Å². The first-order valence-corrected chi connectivity index (χ1v) is 6.19. The molecule has 1 aliphatic heterocycles. The van der Waals surface area contributed by atoms with Gasteiger partial charge >= 0.3 is 0 Å². The molecular formula is C12H27N3O. The lowest BCUT2D eigenvalue weighted by Crippen LogP contribution is -2.57. The predicted octanol–water partition coefficient (Wildman–Crippen LogP) is 0.248. The van der Waals surface area contributed by atoms with Crippen molar-refractivity contribution in [3.63, 3.8) is 0 Å². The van der Waals surface area contributed by atoms with Gasteiger partial charge in [0.15, 0.2) is 0 Å². The molecule has 1 rings (SSSR count). The Balaban J connectivity index is 2.04. The summed E-state index contributed by atoms with van der Waals surface area (Å²) in [5, 5.41) is 3.52. The molecule has 0 atom stereocenters. The first kappa shape index (κ1) is 13.9. The molecule has 16 heavy (non-hydrogen) atoms. The van der Waals surface area contributed by atoms with Crippen LogP contribution < -0.4 is 5.32 Å². The Hall–Kier alpha value is -0.160. The second-order valence-electron chi connectivity index (χ2n) is 5.50. The maximum atomic E-state index is 5.61. The molecule has 1 aliphatic rings. The molecule has 1 N–H and O–H groups in total. The van der Waals surface area contributed by atoms with E-state index in [4.69, 9.17) is 4.74 Å². The molecule has 96 valence electrons. The second kappa shape index (κ2) is 6.55. The summed E-state index contributed by atoms with van der Waals surface area (Å²) in [7, 11) is 4.14. The van der Waals surface area contributed by atoms with Crippen molar-refractivity contribution in [1.29, 1.82) is 0 Å². The van der Waals surface area contributed by atoms with Crippen molar-refractivity contribution >= 4 is 0 Å². The van der Waals surface area contributed by atoms with Gasteiger partial charge in [0.25, 0.3) is 0 Å². The number of piperazine rings is 1. The Kier molecular flexibility index (Phi) is 5.69. The van der Waals surface area contributed by atoms with Crippen LogP contribution in [0.4, 0.5) is 0 Å². The van der Waals surface area contributed by atoms with Crippen molar-refractivity contribution in [1.82, 2.24) is 15.1 Å². The van der Waals surface area contributed by atoms with Crippen molar-refractivity contribution < 1.29 is 4.74 Å². The fourth-order valence-corrected chi connectivity index (χ4v) is 1.98. The molecule has 0 radical (unpaired) electrons. The minimum Gasteiger partial charge on any atom is -0.379 e. The topological polar surface area (TPSA) is 27.7 Å². The number of rotatable bonds is 6. The lowest BCUT2D eigenvalue weighted by Gasteiger charge is -2.39. The van der Waals surface area contributed by atoms with Gasteiger partial charge in [0, 0.05) is 38.3 Å². The van der Waals surface area contributed by atoms with Crippen LogP contribution in [0.3, 0.4) is 0 Å². The molecule has 0 unspecified atom stereocenters. The van der Waals surface area contributed by atoms with Gasteiger partial charge in [-0.15, -0.1) is 0 Å². The molecule has 0 spiro atoms. The molecule has 4 heteroatoms. The zero-order valence-corrected chi connectivity index (χ0v) is 11.3. The number of nitrogens with zero attached hydrogens (tertiary/aromatic N) is 2. The Morgan fingerprint density at radius 2 is 2.06 bits per heavy atom. The van der Waals surface area contributed by atoms with Gasteiger partial charge in [-0.1, -0.05) is 0 Å². The number of hydrogen-bond donors (Lipinski definition) is 1. The summed E-state index contributed by atoms with van der Waals surface area (Å²) in [4.78, 5) is 4.63. The molecule has 0 amide bonds. The average Bonchev–Trinajstić information content (AvgIpc) is 2.15. The summed E-state index contributed by atoms with van der Waals surface area (Å²) >= 11 is 0. The molecule has 0 aromatic rings. The lowest BCUT2D eigenvalue weighted by molar-refractivity contribution is 0.0731. The molecule has 0 aromatic carbocycles. The van der Waals surface area contributed by atoms with Gasteiger partial charge in [0.05, 0.1) is 13.2 Å². The summed E-state index contributed by atoms with van der Waals surface area (Å²) in [6.45, 7) is 11.6. The lowest BCUT2D eigenvalue weighted by atomic mass is 10.0. The summed E-state index contributed by atoms with van der Waals surface area (Å²) < 4.78 is 5.61. The second-order valence-corrected chi connectivity index (χ2v) is 5.50. The number of likely N-dealkylation sites (N-methyl/N-ethyl adjacent to an activating group) is 1. The van der Waals surface area contributed by atoms with Crippen molar-refractivity contribution in [3.05, 3.63) is 0 Å². The van der Waals surface area contributed by atoms with Gasteiger partial charge in [-0.05, 0) is 27.9 Å². The third-order valence-corrected chi connectivity index (χ3v) is 2.89. The molecule has 0 aromatic heterocycles. The number of hydrogen-bond acceptors (Lipinski definition) is 4. The third kappa shape index (κ3) is 5.80. The highest BCUT2D eigenvalue weighted by atomic mass is 16.5. The molecule has 1 saturated heterocycles.